The van der Waals surface area contributed by atoms with E-state index in [1.54, 1.807) is 4.90 Å². The van der Waals surface area contributed by atoms with Crippen LogP contribution in [0, 0.1) is 0 Å². The number of cyclic esters (lactones) is 1. The molecule has 0 N–H and O–H groups in total. The van der Waals surface area contributed by atoms with Crippen molar-refractivity contribution in [2.24, 2.45) is 0 Å². The molecule has 0 aromatic heterocycles. The Labute approximate surface area is 106 Å². The molecule has 2 saturated heterocycles. The summed E-state index contributed by atoms with van der Waals surface area (Å²) in [6.07, 6.45) is 2.03. The molecule has 0 spiro atoms. The minimum atomic E-state index is -0.384. The standard InChI is InChI=1S/C14H15NO3/c16-13-8-4-7-11-14(17)18-9-12(15(11)13)10-5-2-1-3-6-10/h1-3,5-6,11-12H,4,7-9H2/t11-,12-/m0/s1. The van der Waals surface area contributed by atoms with Gasteiger partial charge in [-0.15, -0.1) is 0 Å². The number of carbonyl (C=O) groups is 2. The molecule has 2 heterocycles. The van der Waals surface area contributed by atoms with Crippen LogP contribution in [-0.4, -0.2) is 29.4 Å². The summed E-state index contributed by atoms with van der Waals surface area (Å²) in [5.41, 5.74) is 1.03. The lowest BCUT2D eigenvalue weighted by atomic mass is 9.94. The van der Waals surface area contributed by atoms with E-state index in [-0.39, 0.29) is 30.6 Å². The van der Waals surface area contributed by atoms with Crippen molar-refractivity contribution in [3.8, 4) is 0 Å². The normalized spacial score (nSPS) is 27.7. The molecule has 94 valence electrons. The number of esters is 1. The first kappa shape index (κ1) is 11.3. The smallest absolute Gasteiger partial charge is 0.328 e. The molecule has 0 saturated carbocycles. The van der Waals surface area contributed by atoms with E-state index in [1.807, 2.05) is 30.3 Å². The molecule has 18 heavy (non-hydrogen) atoms. The van der Waals surface area contributed by atoms with Crippen LogP contribution in [0.2, 0.25) is 0 Å². The number of hydrogen-bond donors (Lipinski definition) is 0. The summed E-state index contributed by atoms with van der Waals surface area (Å²) in [6, 6.07) is 9.26. The summed E-state index contributed by atoms with van der Waals surface area (Å²) < 4.78 is 5.23. The third kappa shape index (κ3) is 1.78. The van der Waals surface area contributed by atoms with Crippen LogP contribution in [0.3, 0.4) is 0 Å². The molecule has 1 amide bonds. The summed E-state index contributed by atoms with van der Waals surface area (Å²) in [5.74, 6) is -0.188. The van der Waals surface area contributed by atoms with E-state index in [0.717, 1.165) is 12.0 Å². The Morgan fingerprint density at radius 1 is 1.11 bits per heavy atom. The van der Waals surface area contributed by atoms with Crippen LogP contribution < -0.4 is 0 Å². The summed E-state index contributed by atoms with van der Waals surface area (Å²) in [6.45, 7) is 0.269. The Morgan fingerprint density at radius 3 is 2.67 bits per heavy atom. The zero-order valence-electron chi connectivity index (χ0n) is 10.0. The van der Waals surface area contributed by atoms with Gasteiger partial charge in [-0.05, 0) is 18.4 Å². The van der Waals surface area contributed by atoms with E-state index in [4.69, 9.17) is 4.74 Å². The van der Waals surface area contributed by atoms with Crippen molar-refractivity contribution >= 4 is 11.9 Å². The number of hydrogen-bond acceptors (Lipinski definition) is 3. The van der Waals surface area contributed by atoms with Crippen LogP contribution in [0.4, 0.5) is 0 Å². The highest BCUT2D eigenvalue weighted by Gasteiger charge is 2.43. The van der Waals surface area contributed by atoms with Gasteiger partial charge in [0.15, 0.2) is 0 Å². The van der Waals surface area contributed by atoms with Crippen LogP contribution in [0.1, 0.15) is 30.9 Å². The summed E-state index contributed by atoms with van der Waals surface area (Å²) in [5, 5.41) is 0. The van der Waals surface area contributed by atoms with Gasteiger partial charge in [0.05, 0.1) is 6.04 Å². The van der Waals surface area contributed by atoms with E-state index in [0.29, 0.717) is 12.8 Å². The van der Waals surface area contributed by atoms with Crippen molar-refractivity contribution in [3.05, 3.63) is 35.9 Å². The zero-order chi connectivity index (χ0) is 12.5. The van der Waals surface area contributed by atoms with Gasteiger partial charge in [-0.1, -0.05) is 30.3 Å². The lowest BCUT2D eigenvalue weighted by molar-refractivity contribution is -0.173. The van der Waals surface area contributed by atoms with Crippen molar-refractivity contribution in [2.45, 2.75) is 31.3 Å². The van der Waals surface area contributed by atoms with Gasteiger partial charge in [-0.3, -0.25) is 4.79 Å². The summed E-state index contributed by atoms with van der Waals surface area (Å²) in [7, 11) is 0. The molecular formula is C14H15NO3. The van der Waals surface area contributed by atoms with E-state index >= 15 is 0 Å². The molecule has 4 nitrogen and oxygen atoms in total. The Bertz CT molecular complexity index is 471. The fourth-order valence-corrected chi connectivity index (χ4v) is 2.78. The second-order valence-electron chi connectivity index (χ2n) is 4.77. The fraction of sp³-hybridized carbons (Fsp3) is 0.429. The number of piperidine rings is 1. The van der Waals surface area contributed by atoms with E-state index < -0.39 is 0 Å². The molecule has 4 heteroatoms. The first-order valence-electron chi connectivity index (χ1n) is 6.30. The molecular weight excluding hydrogens is 230 g/mol. The minimum absolute atomic E-state index is 0.0664. The zero-order valence-corrected chi connectivity index (χ0v) is 10.0. The Morgan fingerprint density at radius 2 is 1.89 bits per heavy atom. The number of amides is 1. The lowest BCUT2D eigenvalue weighted by Crippen LogP contribution is -2.55. The molecule has 0 aliphatic carbocycles. The van der Waals surface area contributed by atoms with Crippen LogP contribution in [0.25, 0.3) is 0 Å². The third-order valence-corrected chi connectivity index (χ3v) is 3.67. The van der Waals surface area contributed by atoms with Gasteiger partial charge < -0.3 is 9.64 Å². The van der Waals surface area contributed by atoms with Crippen molar-refractivity contribution in [3.63, 3.8) is 0 Å². The maximum Gasteiger partial charge on any atom is 0.328 e. The van der Waals surface area contributed by atoms with Crippen LogP contribution in [0.15, 0.2) is 30.3 Å². The Balaban J connectivity index is 1.95. The molecule has 2 fully saturated rings. The first-order chi connectivity index (χ1) is 8.77. The maximum absolute atomic E-state index is 12.1. The third-order valence-electron chi connectivity index (χ3n) is 3.67. The van der Waals surface area contributed by atoms with Crippen molar-refractivity contribution < 1.29 is 14.3 Å². The molecule has 2 aliphatic rings. The molecule has 1 aromatic carbocycles. The number of nitrogens with zero attached hydrogens (tertiary/aromatic N) is 1. The second kappa shape index (κ2) is 4.44. The molecule has 0 bridgehead atoms. The highest BCUT2D eigenvalue weighted by atomic mass is 16.5. The van der Waals surface area contributed by atoms with Crippen LogP contribution in [0.5, 0.6) is 0 Å². The molecule has 1 aromatic rings. The van der Waals surface area contributed by atoms with E-state index in [9.17, 15) is 9.59 Å². The molecule has 3 rings (SSSR count). The number of rotatable bonds is 1. The lowest BCUT2D eigenvalue weighted by Gasteiger charge is -2.43. The molecule has 0 unspecified atom stereocenters. The largest absolute Gasteiger partial charge is 0.462 e. The van der Waals surface area contributed by atoms with E-state index in [1.165, 1.54) is 0 Å². The van der Waals surface area contributed by atoms with Gasteiger partial charge in [0, 0.05) is 6.42 Å². The van der Waals surface area contributed by atoms with Crippen molar-refractivity contribution in [2.75, 3.05) is 6.61 Å². The monoisotopic (exact) mass is 245 g/mol. The SMILES string of the molecule is O=C1OC[C@@H](c2ccccc2)N2C(=O)CCC[C@@H]12. The summed E-state index contributed by atoms with van der Waals surface area (Å²) in [4.78, 5) is 25.5. The first-order valence-corrected chi connectivity index (χ1v) is 6.30. The second-order valence-corrected chi connectivity index (χ2v) is 4.77. The van der Waals surface area contributed by atoms with Crippen LogP contribution >= 0.6 is 0 Å². The van der Waals surface area contributed by atoms with Gasteiger partial charge in [0.2, 0.25) is 5.91 Å². The van der Waals surface area contributed by atoms with Gasteiger partial charge >= 0.3 is 5.97 Å². The van der Waals surface area contributed by atoms with E-state index in [2.05, 4.69) is 0 Å². The fourth-order valence-electron chi connectivity index (χ4n) is 2.78. The van der Waals surface area contributed by atoms with Gasteiger partial charge in [0.25, 0.3) is 0 Å². The minimum Gasteiger partial charge on any atom is -0.462 e. The maximum atomic E-state index is 12.1. The predicted octanol–water partition coefficient (Wildman–Crippen LogP) is 1.67. The summed E-state index contributed by atoms with van der Waals surface area (Å²) >= 11 is 0. The van der Waals surface area contributed by atoms with Crippen molar-refractivity contribution in [1.29, 1.82) is 0 Å². The average molecular weight is 245 g/mol. The number of benzene rings is 1. The molecule has 2 aliphatic heterocycles. The highest BCUT2D eigenvalue weighted by Crippen LogP contribution is 2.33. The predicted molar refractivity (Wildman–Crippen MR) is 64.6 cm³/mol. The van der Waals surface area contributed by atoms with Gasteiger partial charge in [-0.2, -0.15) is 0 Å². The van der Waals surface area contributed by atoms with Gasteiger partial charge in [-0.25, -0.2) is 4.79 Å². The number of fused-ring (bicyclic) bond motifs is 1. The Kier molecular flexibility index (Phi) is 2.78. The number of morpholine rings is 1. The average Bonchev–Trinajstić information content (AvgIpc) is 2.41. The Hall–Kier alpha value is -1.84. The number of carbonyl (C=O) groups excluding carboxylic acids is 2. The van der Waals surface area contributed by atoms with Crippen molar-refractivity contribution in [1.82, 2.24) is 4.90 Å². The van der Waals surface area contributed by atoms with Gasteiger partial charge in [0.1, 0.15) is 12.6 Å². The quantitative estimate of drug-likeness (QED) is 0.707. The highest BCUT2D eigenvalue weighted by molar-refractivity contribution is 5.87. The van der Waals surface area contributed by atoms with Crippen LogP contribution in [-0.2, 0) is 14.3 Å². The topological polar surface area (TPSA) is 46.6 Å². The molecule has 2 atom stereocenters. The molecule has 0 radical (unpaired) electrons. The number of ether oxygens (including phenoxy) is 1.